The second-order valence-electron chi connectivity index (χ2n) is 4.03. The standard InChI is InChI=1S/C15H16ClNO2S/c1-18-12-8-7-11(14(9-12)19-2)10-17-20-15-6-4-3-5-13(15)16/h3-9,17H,10H2,1-2H3. The van der Waals surface area contributed by atoms with E-state index in [-0.39, 0.29) is 0 Å². The van der Waals surface area contributed by atoms with Crippen molar-refractivity contribution in [1.29, 1.82) is 0 Å². The Labute approximate surface area is 128 Å². The molecule has 0 aliphatic heterocycles. The van der Waals surface area contributed by atoms with Crippen molar-refractivity contribution in [3.05, 3.63) is 53.1 Å². The Kier molecular flexibility index (Phi) is 5.59. The minimum Gasteiger partial charge on any atom is -0.497 e. The van der Waals surface area contributed by atoms with Crippen molar-refractivity contribution >= 4 is 23.5 Å². The molecule has 0 aromatic heterocycles. The van der Waals surface area contributed by atoms with Gasteiger partial charge in [-0.3, -0.25) is 4.72 Å². The number of benzene rings is 2. The Bertz CT molecular complexity index is 578. The van der Waals surface area contributed by atoms with E-state index in [1.807, 2.05) is 42.5 Å². The normalized spacial score (nSPS) is 10.3. The number of methoxy groups -OCH3 is 2. The van der Waals surface area contributed by atoms with Crippen molar-refractivity contribution in [2.75, 3.05) is 14.2 Å². The van der Waals surface area contributed by atoms with E-state index >= 15 is 0 Å². The zero-order valence-electron chi connectivity index (χ0n) is 11.4. The van der Waals surface area contributed by atoms with Gasteiger partial charge in [0.15, 0.2) is 0 Å². The zero-order valence-corrected chi connectivity index (χ0v) is 12.9. The van der Waals surface area contributed by atoms with Gasteiger partial charge in [-0.15, -0.1) is 0 Å². The molecule has 0 atom stereocenters. The first-order valence-corrected chi connectivity index (χ1v) is 7.29. The van der Waals surface area contributed by atoms with Crippen LogP contribution in [0.1, 0.15) is 5.56 Å². The molecule has 2 aromatic carbocycles. The van der Waals surface area contributed by atoms with E-state index in [1.54, 1.807) is 14.2 Å². The lowest BCUT2D eigenvalue weighted by Gasteiger charge is -2.11. The Hall–Kier alpha value is -1.36. The quantitative estimate of drug-likeness (QED) is 0.812. The summed E-state index contributed by atoms with van der Waals surface area (Å²) in [6, 6.07) is 13.5. The third-order valence-electron chi connectivity index (χ3n) is 2.78. The third kappa shape index (κ3) is 3.82. The van der Waals surface area contributed by atoms with Gasteiger partial charge in [-0.1, -0.05) is 29.8 Å². The second-order valence-corrected chi connectivity index (χ2v) is 5.37. The topological polar surface area (TPSA) is 30.5 Å². The van der Waals surface area contributed by atoms with Crippen molar-refractivity contribution in [1.82, 2.24) is 4.72 Å². The lowest BCUT2D eigenvalue weighted by molar-refractivity contribution is 0.391. The van der Waals surface area contributed by atoms with E-state index in [2.05, 4.69) is 4.72 Å². The summed E-state index contributed by atoms with van der Waals surface area (Å²) in [6.07, 6.45) is 0. The average Bonchev–Trinajstić information content (AvgIpc) is 2.49. The van der Waals surface area contributed by atoms with Gasteiger partial charge in [-0.05, 0) is 30.1 Å². The first-order chi connectivity index (χ1) is 9.74. The molecule has 1 N–H and O–H groups in total. The van der Waals surface area contributed by atoms with Gasteiger partial charge in [0.1, 0.15) is 11.5 Å². The maximum Gasteiger partial charge on any atom is 0.127 e. The third-order valence-corrected chi connectivity index (χ3v) is 4.08. The minimum atomic E-state index is 0.670. The van der Waals surface area contributed by atoms with Crippen LogP contribution in [0.2, 0.25) is 5.02 Å². The van der Waals surface area contributed by atoms with Crippen LogP contribution >= 0.6 is 23.5 Å². The van der Waals surface area contributed by atoms with Crippen LogP contribution in [-0.4, -0.2) is 14.2 Å². The van der Waals surface area contributed by atoms with Crippen LogP contribution in [0.3, 0.4) is 0 Å². The molecule has 0 aliphatic rings. The highest BCUT2D eigenvalue weighted by atomic mass is 35.5. The Morgan fingerprint density at radius 1 is 1.10 bits per heavy atom. The molecule has 0 aliphatic carbocycles. The van der Waals surface area contributed by atoms with Gasteiger partial charge in [0.05, 0.1) is 19.2 Å². The first-order valence-electron chi connectivity index (χ1n) is 6.09. The van der Waals surface area contributed by atoms with Crippen LogP contribution in [0.15, 0.2) is 47.4 Å². The molecular formula is C15H16ClNO2S. The highest BCUT2D eigenvalue weighted by Crippen LogP contribution is 2.27. The predicted octanol–water partition coefficient (Wildman–Crippen LogP) is 4.15. The van der Waals surface area contributed by atoms with Gasteiger partial charge < -0.3 is 9.47 Å². The van der Waals surface area contributed by atoms with E-state index in [0.717, 1.165) is 27.0 Å². The first kappa shape index (κ1) is 15.0. The van der Waals surface area contributed by atoms with Gasteiger partial charge in [-0.2, -0.15) is 0 Å². The van der Waals surface area contributed by atoms with Crippen molar-refractivity contribution in [2.24, 2.45) is 0 Å². The second kappa shape index (κ2) is 7.43. The summed E-state index contributed by atoms with van der Waals surface area (Å²) >= 11 is 7.60. The highest BCUT2D eigenvalue weighted by molar-refractivity contribution is 7.97. The van der Waals surface area contributed by atoms with E-state index < -0.39 is 0 Å². The maximum absolute atomic E-state index is 6.10. The fourth-order valence-electron chi connectivity index (χ4n) is 1.72. The summed E-state index contributed by atoms with van der Waals surface area (Å²) in [5, 5.41) is 0.742. The van der Waals surface area contributed by atoms with Crippen molar-refractivity contribution in [2.45, 2.75) is 11.4 Å². The summed E-state index contributed by atoms with van der Waals surface area (Å²) < 4.78 is 13.8. The van der Waals surface area contributed by atoms with Crippen LogP contribution in [0.4, 0.5) is 0 Å². The number of hydrogen-bond acceptors (Lipinski definition) is 4. The van der Waals surface area contributed by atoms with Crippen molar-refractivity contribution < 1.29 is 9.47 Å². The largest absolute Gasteiger partial charge is 0.497 e. The Morgan fingerprint density at radius 3 is 2.60 bits per heavy atom. The molecule has 0 amide bonds. The molecule has 106 valence electrons. The number of halogens is 1. The summed E-state index contributed by atoms with van der Waals surface area (Å²) in [4.78, 5) is 1.00. The van der Waals surface area contributed by atoms with Crippen LogP contribution < -0.4 is 14.2 Å². The molecule has 0 saturated heterocycles. The van der Waals surface area contributed by atoms with Crippen LogP contribution in [0.5, 0.6) is 11.5 Å². The molecule has 0 fully saturated rings. The molecule has 0 spiro atoms. The smallest absolute Gasteiger partial charge is 0.127 e. The number of ether oxygens (including phenoxy) is 2. The van der Waals surface area contributed by atoms with Gasteiger partial charge in [0, 0.05) is 23.1 Å². The van der Waals surface area contributed by atoms with E-state index in [0.29, 0.717) is 6.54 Å². The summed E-state index contributed by atoms with van der Waals surface area (Å²) in [6.45, 7) is 0.670. The van der Waals surface area contributed by atoms with Crippen LogP contribution in [0.25, 0.3) is 0 Å². The average molecular weight is 310 g/mol. The summed E-state index contributed by atoms with van der Waals surface area (Å²) in [7, 11) is 3.29. The van der Waals surface area contributed by atoms with E-state index in [4.69, 9.17) is 21.1 Å². The summed E-state index contributed by atoms with van der Waals surface area (Å²) in [5.74, 6) is 1.58. The number of hydrogen-bond donors (Lipinski definition) is 1. The van der Waals surface area contributed by atoms with Crippen LogP contribution in [-0.2, 0) is 6.54 Å². The van der Waals surface area contributed by atoms with E-state index in [9.17, 15) is 0 Å². The molecule has 2 rings (SSSR count). The zero-order chi connectivity index (χ0) is 14.4. The lowest BCUT2D eigenvalue weighted by Crippen LogP contribution is -2.05. The Morgan fingerprint density at radius 2 is 1.90 bits per heavy atom. The Balaban J connectivity index is 1.99. The number of rotatable bonds is 6. The molecule has 5 heteroatoms. The summed E-state index contributed by atoms with van der Waals surface area (Å²) in [5.41, 5.74) is 1.06. The maximum atomic E-state index is 6.10. The monoisotopic (exact) mass is 309 g/mol. The van der Waals surface area contributed by atoms with Gasteiger partial charge in [-0.25, -0.2) is 0 Å². The molecule has 0 bridgehead atoms. The molecule has 0 heterocycles. The minimum absolute atomic E-state index is 0.670. The van der Waals surface area contributed by atoms with Crippen LogP contribution in [0, 0.1) is 0 Å². The van der Waals surface area contributed by atoms with Gasteiger partial charge in [0.2, 0.25) is 0 Å². The lowest BCUT2D eigenvalue weighted by atomic mass is 10.2. The SMILES string of the molecule is COc1ccc(CNSc2ccccc2Cl)c(OC)c1. The number of nitrogens with one attached hydrogen (secondary N) is 1. The van der Waals surface area contributed by atoms with E-state index in [1.165, 1.54) is 11.9 Å². The fraction of sp³-hybridized carbons (Fsp3) is 0.200. The molecular weight excluding hydrogens is 294 g/mol. The molecule has 2 aromatic rings. The molecule has 0 radical (unpaired) electrons. The van der Waals surface area contributed by atoms with Crippen molar-refractivity contribution in [3.63, 3.8) is 0 Å². The predicted molar refractivity (Wildman–Crippen MR) is 83.7 cm³/mol. The molecule has 3 nitrogen and oxygen atoms in total. The molecule has 0 saturated carbocycles. The van der Waals surface area contributed by atoms with Gasteiger partial charge in [0.25, 0.3) is 0 Å². The van der Waals surface area contributed by atoms with Crippen molar-refractivity contribution in [3.8, 4) is 11.5 Å². The highest BCUT2D eigenvalue weighted by Gasteiger charge is 2.05. The van der Waals surface area contributed by atoms with Gasteiger partial charge >= 0.3 is 0 Å². The fourth-order valence-corrected chi connectivity index (χ4v) is 2.66. The molecule has 0 unspecified atom stereocenters. The molecule has 20 heavy (non-hydrogen) atoms.